The van der Waals surface area contributed by atoms with E-state index in [0.717, 1.165) is 0 Å². The minimum absolute atomic E-state index is 0.0890. The topological polar surface area (TPSA) is 77.9 Å². The fourth-order valence-electron chi connectivity index (χ4n) is 2.88. The summed E-state index contributed by atoms with van der Waals surface area (Å²) in [5, 5.41) is 9.93. The molecule has 0 fully saturated rings. The van der Waals surface area contributed by atoms with Crippen LogP contribution in [0.25, 0.3) is 11.3 Å². The van der Waals surface area contributed by atoms with Gasteiger partial charge >= 0.3 is 0 Å². The Morgan fingerprint density at radius 1 is 0.966 bits per heavy atom. The molecule has 0 aliphatic rings. The van der Waals surface area contributed by atoms with Gasteiger partial charge in [0.1, 0.15) is 11.4 Å². The lowest BCUT2D eigenvalue weighted by Gasteiger charge is -2.14. The van der Waals surface area contributed by atoms with Crippen LogP contribution in [0.5, 0.6) is 23.0 Å². The first kappa shape index (κ1) is 20.1. The van der Waals surface area contributed by atoms with Gasteiger partial charge < -0.3 is 19.3 Å². The highest BCUT2D eigenvalue weighted by molar-refractivity contribution is 6.08. The quantitative estimate of drug-likeness (QED) is 0.630. The third-order valence-electron chi connectivity index (χ3n) is 4.49. The van der Waals surface area contributed by atoms with Gasteiger partial charge in [-0.2, -0.15) is 0 Å². The number of hydrogen-bond acceptors (Lipinski definition) is 6. The van der Waals surface area contributed by atoms with Crippen LogP contribution < -0.4 is 14.2 Å². The zero-order valence-electron chi connectivity index (χ0n) is 16.4. The van der Waals surface area contributed by atoms with Crippen LogP contribution in [0.15, 0.2) is 42.5 Å². The van der Waals surface area contributed by atoms with Crippen molar-refractivity contribution in [1.82, 2.24) is 4.98 Å². The lowest BCUT2D eigenvalue weighted by molar-refractivity contribution is 0.102. The van der Waals surface area contributed by atoms with Crippen molar-refractivity contribution < 1.29 is 28.5 Å². The van der Waals surface area contributed by atoms with Crippen LogP contribution in [0.4, 0.5) is 4.39 Å². The first-order valence-corrected chi connectivity index (χ1v) is 8.70. The minimum atomic E-state index is -0.760. The maximum absolute atomic E-state index is 14.5. The predicted molar refractivity (Wildman–Crippen MR) is 106 cm³/mol. The molecule has 150 valence electrons. The molecule has 0 aliphatic carbocycles. The molecule has 1 aromatic heterocycles. The number of ketones is 1. The Labute approximate surface area is 167 Å². The second kappa shape index (κ2) is 8.18. The highest BCUT2D eigenvalue weighted by Gasteiger charge is 2.22. The molecule has 0 saturated heterocycles. The third-order valence-corrected chi connectivity index (χ3v) is 4.49. The van der Waals surface area contributed by atoms with Gasteiger partial charge in [0, 0.05) is 11.1 Å². The molecule has 3 rings (SSSR count). The molecule has 0 saturated carbocycles. The van der Waals surface area contributed by atoms with E-state index < -0.39 is 11.6 Å². The number of aryl methyl sites for hydroxylation is 1. The standard InChI is InChI=1S/C22H20FNO5/c1-12-5-6-13(9-17(12)25)16-8-7-15(23)20(24-16)21(26)14-10-18(27-2)22(29-4)19(11-14)28-3/h5-11,25H,1-4H3. The van der Waals surface area contributed by atoms with Crippen LogP contribution in [0, 0.1) is 12.7 Å². The number of aromatic hydroxyl groups is 1. The summed E-state index contributed by atoms with van der Waals surface area (Å²) in [6.07, 6.45) is 0. The lowest BCUT2D eigenvalue weighted by atomic mass is 10.0. The molecule has 29 heavy (non-hydrogen) atoms. The van der Waals surface area contributed by atoms with Gasteiger partial charge in [-0.05, 0) is 42.8 Å². The molecule has 6 nitrogen and oxygen atoms in total. The Bertz CT molecular complexity index is 1060. The number of rotatable bonds is 6. The highest BCUT2D eigenvalue weighted by atomic mass is 19.1. The van der Waals surface area contributed by atoms with Crippen LogP contribution in [0.3, 0.4) is 0 Å². The Kier molecular flexibility index (Phi) is 5.68. The fourth-order valence-corrected chi connectivity index (χ4v) is 2.88. The SMILES string of the molecule is COc1cc(C(=O)c2nc(-c3ccc(C)c(O)c3)ccc2F)cc(OC)c1OC. The van der Waals surface area contributed by atoms with Crippen LogP contribution in [-0.4, -0.2) is 37.2 Å². The molecule has 0 unspecified atom stereocenters. The van der Waals surface area contributed by atoms with Crippen molar-refractivity contribution in [3.05, 3.63) is 65.1 Å². The van der Waals surface area contributed by atoms with Gasteiger partial charge in [-0.1, -0.05) is 12.1 Å². The van der Waals surface area contributed by atoms with Gasteiger partial charge in [-0.3, -0.25) is 4.79 Å². The zero-order valence-corrected chi connectivity index (χ0v) is 16.4. The van der Waals surface area contributed by atoms with E-state index in [1.165, 1.54) is 51.7 Å². The maximum atomic E-state index is 14.5. The summed E-state index contributed by atoms with van der Waals surface area (Å²) < 4.78 is 30.2. The van der Waals surface area contributed by atoms with E-state index >= 15 is 0 Å². The Morgan fingerprint density at radius 3 is 2.17 bits per heavy atom. The van der Waals surface area contributed by atoms with Gasteiger partial charge in [-0.25, -0.2) is 9.37 Å². The van der Waals surface area contributed by atoms with Crippen molar-refractivity contribution in [2.75, 3.05) is 21.3 Å². The van der Waals surface area contributed by atoms with Crippen molar-refractivity contribution in [1.29, 1.82) is 0 Å². The molecule has 0 aliphatic heterocycles. The molecule has 0 spiro atoms. The van der Waals surface area contributed by atoms with Crippen molar-refractivity contribution in [2.45, 2.75) is 6.92 Å². The third kappa shape index (κ3) is 3.85. The average molecular weight is 397 g/mol. The number of halogens is 1. The monoisotopic (exact) mass is 397 g/mol. The van der Waals surface area contributed by atoms with E-state index in [0.29, 0.717) is 22.6 Å². The number of pyridine rings is 1. The molecule has 0 amide bonds. The molecule has 0 bridgehead atoms. The number of nitrogens with zero attached hydrogens (tertiary/aromatic N) is 1. The first-order valence-electron chi connectivity index (χ1n) is 8.70. The van der Waals surface area contributed by atoms with E-state index in [4.69, 9.17) is 14.2 Å². The van der Waals surface area contributed by atoms with Gasteiger partial charge in [0.2, 0.25) is 11.5 Å². The van der Waals surface area contributed by atoms with E-state index in [-0.39, 0.29) is 28.5 Å². The number of carbonyl (C=O) groups excluding carboxylic acids is 1. The number of hydrogen-bond donors (Lipinski definition) is 1. The van der Waals surface area contributed by atoms with Gasteiger partial charge in [-0.15, -0.1) is 0 Å². The molecule has 0 atom stereocenters. The summed E-state index contributed by atoms with van der Waals surface area (Å²) in [4.78, 5) is 17.2. The number of phenolic OH excluding ortho intramolecular Hbond substituents is 1. The Morgan fingerprint density at radius 2 is 1.62 bits per heavy atom. The van der Waals surface area contributed by atoms with Crippen LogP contribution >= 0.6 is 0 Å². The smallest absolute Gasteiger partial charge is 0.214 e. The van der Waals surface area contributed by atoms with Crippen molar-refractivity contribution in [3.8, 4) is 34.3 Å². The van der Waals surface area contributed by atoms with E-state index in [1.54, 1.807) is 19.1 Å². The molecule has 0 radical (unpaired) electrons. The number of benzene rings is 2. The molecular weight excluding hydrogens is 377 g/mol. The van der Waals surface area contributed by atoms with Gasteiger partial charge in [0.25, 0.3) is 0 Å². The van der Waals surface area contributed by atoms with Crippen molar-refractivity contribution in [2.24, 2.45) is 0 Å². The largest absolute Gasteiger partial charge is 0.508 e. The van der Waals surface area contributed by atoms with E-state index in [2.05, 4.69) is 4.98 Å². The van der Waals surface area contributed by atoms with Crippen LogP contribution in [0.1, 0.15) is 21.6 Å². The average Bonchev–Trinajstić information content (AvgIpc) is 2.74. The zero-order chi connectivity index (χ0) is 21.1. The Balaban J connectivity index is 2.09. The van der Waals surface area contributed by atoms with E-state index in [1.807, 2.05) is 0 Å². The first-order chi connectivity index (χ1) is 13.9. The van der Waals surface area contributed by atoms with E-state index in [9.17, 15) is 14.3 Å². The second-order valence-corrected chi connectivity index (χ2v) is 6.27. The molecule has 3 aromatic rings. The summed E-state index contributed by atoms with van der Waals surface area (Å²) in [6, 6.07) is 10.5. The van der Waals surface area contributed by atoms with Crippen LogP contribution in [-0.2, 0) is 0 Å². The number of carbonyl (C=O) groups is 1. The summed E-state index contributed by atoms with van der Waals surface area (Å²) >= 11 is 0. The molecular formula is C22H20FNO5. The number of aromatic nitrogens is 1. The number of phenols is 1. The van der Waals surface area contributed by atoms with Crippen molar-refractivity contribution in [3.63, 3.8) is 0 Å². The fraction of sp³-hybridized carbons (Fsp3) is 0.182. The number of ether oxygens (including phenoxy) is 3. The molecule has 1 N–H and O–H groups in total. The van der Waals surface area contributed by atoms with Gasteiger partial charge in [0.15, 0.2) is 17.3 Å². The number of methoxy groups -OCH3 is 3. The molecule has 2 aromatic carbocycles. The lowest BCUT2D eigenvalue weighted by Crippen LogP contribution is -2.09. The summed E-state index contributed by atoms with van der Waals surface area (Å²) in [5.41, 5.74) is 1.40. The normalized spacial score (nSPS) is 10.5. The summed E-state index contributed by atoms with van der Waals surface area (Å²) in [7, 11) is 4.30. The molecule has 1 heterocycles. The highest BCUT2D eigenvalue weighted by Crippen LogP contribution is 2.38. The van der Waals surface area contributed by atoms with Crippen LogP contribution in [0.2, 0.25) is 0 Å². The summed E-state index contributed by atoms with van der Waals surface area (Å²) in [6.45, 7) is 1.76. The molecule has 7 heteroatoms. The maximum Gasteiger partial charge on any atom is 0.214 e. The Hall–Kier alpha value is -3.61. The minimum Gasteiger partial charge on any atom is -0.508 e. The summed E-state index contributed by atoms with van der Waals surface area (Å²) in [5.74, 6) is -0.441. The predicted octanol–water partition coefficient (Wildman–Crippen LogP) is 4.16. The van der Waals surface area contributed by atoms with Crippen molar-refractivity contribution >= 4 is 5.78 Å². The van der Waals surface area contributed by atoms with Gasteiger partial charge in [0.05, 0.1) is 27.0 Å². The second-order valence-electron chi connectivity index (χ2n) is 6.27.